The topological polar surface area (TPSA) is 42.0 Å². The monoisotopic (exact) mass is 474 g/mol. The van der Waals surface area contributed by atoms with E-state index in [0.29, 0.717) is 30.6 Å². The van der Waals surface area contributed by atoms with Gasteiger partial charge in [0.15, 0.2) is 0 Å². The molecule has 0 N–H and O–H groups in total. The fourth-order valence-corrected chi connectivity index (χ4v) is 4.72. The Morgan fingerprint density at radius 2 is 1.86 bits per heavy atom. The number of nitrogens with zero attached hydrogens (tertiary/aromatic N) is 2. The molecule has 8 heteroatoms. The highest BCUT2D eigenvalue weighted by molar-refractivity contribution is 9.10. The lowest BCUT2D eigenvalue weighted by molar-refractivity contribution is -0.132. The molecule has 0 unspecified atom stereocenters. The van der Waals surface area contributed by atoms with Gasteiger partial charge in [-0.05, 0) is 55.9 Å². The predicted molar refractivity (Wildman–Crippen MR) is 110 cm³/mol. The predicted octanol–water partition coefficient (Wildman–Crippen LogP) is 4.08. The first-order valence-corrected chi connectivity index (χ1v) is 11.0. The minimum absolute atomic E-state index is 0.0736. The number of aryl methyl sites for hydroxylation is 1. The molecule has 0 atom stereocenters. The van der Waals surface area contributed by atoms with Crippen LogP contribution in [0.2, 0.25) is 0 Å². The number of likely N-dealkylation sites (tertiary alicyclic amines) is 2. The first-order valence-electron chi connectivity index (χ1n) is 10.2. The molecule has 2 aliphatic heterocycles. The molecular weight excluding hydrogens is 446 g/mol. The number of piperidine rings is 2. The van der Waals surface area contributed by atoms with Crippen LogP contribution in [0.15, 0.2) is 22.7 Å². The summed E-state index contributed by atoms with van der Waals surface area (Å²) in [5, 5.41) is 0. The molecule has 1 amide bonds. The molecule has 0 spiro atoms. The lowest BCUT2D eigenvalue weighted by atomic mass is 9.98. The molecule has 0 radical (unpaired) electrons. The smallest absolute Gasteiger partial charge is 0.387 e. The number of hydrogen-bond acceptors (Lipinski definition) is 4. The molecule has 0 aromatic heterocycles. The molecule has 2 fully saturated rings. The maximum atomic E-state index is 12.6. The molecule has 0 saturated carbocycles. The van der Waals surface area contributed by atoms with Crippen LogP contribution < -0.4 is 4.74 Å². The number of ether oxygens (including phenoxy) is 2. The third kappa shape index (κ3) is 6.36. The van der Waals surface area contributed by atoms with E-state index >= 15 is 0 Å². The molecule has 162 valence electrons. The van der Waals surface area contributed by atoms with E-state index < -0.39 is 6.61 Å². The molecule has 1 aromatic carbocycles. The number of halogens is 3. The Balaban J connectivity index is 1.46. The van der Waals surface area contributed by atoms with Crippen LogP contribution in [0.1, 0.15) is 37.7 Å². The summed E-state index contributed by atoms with van der Waals surface area (Å²) in [5.41, 5.74) is 0.615. The lowest BCUT2D eigenvalue weighted by Crippen LogP contribution is -2.49. The van der Waals surface area contributed by atoms with Crippen molar-refractivity contribution in [3.05, 3.63) is 28.2 Å². The van der Waals surface area contributed by atoms with E-state index in [0.717, 1.165) is 56.3 Å². The zero-order valence-electron chi connectivity index (χ0n) is 16.8. The zero-order valence-corrected chi connectivity index (χ0v) is 18.4. The van der Waals surface area contributed by atoms with Crippen LogP contribution in [-0.4, -0.2) is 67.8 Å². The van der Waals surface area contributed by atoms with E-state index in [1.54, 1.807) is 19.2 Å². The van der Waals surface area contributed by atoms with E-state index in [4.69, 9.17) is 4.74 Å². The van der Waals surface area contributed by atoms with Gasteiger partial charge >= 0.3 is 6.61 Å². The Morgan fingerprint density at radius 1 is 1.17 bits per heavy atom. The molecule has 5 nitrogen and oxygen atoms in total. The highest BCUT2D eigenvalue weighted by Gasteiger charge is 2.29. The van der Waals surface area contributed by atoms with Crippen LogP contribution in [0.5, 0.6) is 5.75 Å². The molecule has 0 bridgehead atoms. The van der Waals surface area contributed by atoms with Gasteiger partial charge in [-0.2, -0.15) is 8.78 Å². The van der Waals surface area contributed by atoms with Crippen molar-refractivity contribution in [2.24, 2.45) is 0 Å². The first kappa shape index (κ1) is 22.4. The van der Waals surface area contributed by atoms with E-state index in [9.17, 15) is 13.6 Å². The van der Waals surface area contributed by atoms with Gasteiger partial charge in [0.25, 0.3) is 0 Å². The van der Waals surface area contributed by atoms with Crippen LogP contribution in [0.3, 0.4) is 0 Å². The molecule has 2 saturated heterocycles. The molecule has 2 aliphatic rings. The van der Waals surface area contributed by atoms with Crippen molar-refractivity contribution in [3.63, 3.8) is 0 Å². The average molecular weight is 475 g/mol. The number of carbonyl (C=O) groups excluding carboxylic acids is 1. The Hall–Kier alpha value is -1.25. The maximum Gasteiger partial charge on any atom is 0.387 e. The number of hydrogen-bond donors (Lipinski definition) is 0. The van der Waals surface area contributed by atoms with Crippen molar-refractivity contribution in [1.82, 2.24) is 9.80 Å². The minimum atomic E-state index is -2.88. The van der Waals surface area contributed by atoms with Crippen LogP contribution in [0.25, 0.3) is 0 Å². The Labute approximate surface area is 179 Å². The molecule has 3 rings (SSSR count). The summed E-state index contributed by atoms with van der Waals surface area (Å²) in [6, 6.07) is 5.44. The van der Waals surface area contributed by atoms with Gasteiger partial charge in [0.1, 0.15) is 5.75 Å². The fourth-order valence-electron chi connectivity index (χ4n) is 4.31. The highest BCUT2D eigenvalue weighted by Crippen LogP contribution is 2.27. The molecule has 1 aromatic rings. The lowest BCUT2D eigenvalue weighted by Gasteiger charge is -2.41. The van der Waals surface area contributed by atoms with Crippen LogP contribution in [0, 0.1) is 0 Å². The highest BCUT2D eigenvalue weighted by atomic mass is 79.9. The second-order valence-corrected chi connectivity index (χ2v) is 8.63. The van der Waals surface area contributed by atoms with Gasteiger partial charge in [-0.1, -0.05) is 15.9 Å². The Morgan fingerprint density at radius 3 is 2.48 bits per heavy atom. The number of alkyl halides is 2. The van der Waals surface area contributed by atoms with Crippen LogP contribution in [0.4, 0.5) is 8.78 Å². The summed E-state index contributed by atoms with van der Waals surface area (Å²) in [4.78, 5) is 17.1. The van der Waals surface area contributed by atoms with E-state index in [-0.39, 0.29) is 11.7 Å². The van der Waals surface area contributed by atoms with Crippen molar-refractivity contribution in [2.45, 2.75) is 57.3 Å². The fraction of sp³-hybridized carbons (Fsp3) is 0.667. The number of carbonyl (C=O) groups is 1. The third-order valence-corrected chi connectivity index (χ3v) is 6.48. The minimum Gasteiger partial charge on any atom is -0.435 e. The molecule has 0 aliphatic carbocycles. The Bertz CT molecular complexity index is 676. The van der Waals surface area contributed by atoms with Gasteiger partial charge in [-0.15, -0.1) is 0 Å². The van der Waals surface area contributed by atoms with Gasteiger partial charge in [-0.3, -0.25) is 4.79 Å². The number of methoxy groups -OCH3 is 1. The van der Waals surface area contributed by atoms with E-state index in [1.165, 1.54) is 6.07 Å². The molecule has 2 heterocycles. The van der Waals surface area contributed by atoms with Crippen molar-refractivity contribution < 1.29 is 23.0 Å². The van der Waals surface area contributed by atoms with Gasteiger partial charge in [0.2, 0.25) is 5.91 Å². The summed E-state index contributed by atoms with van der Waals surface area (Å²) in [6.45, 7) is 0.762. The van der Waals surface area contributed by atoms with Crippen LogP contribution in [-0.2, 0) is 16.0 Å². The average Bonchev–Trinajstić information content (AvgIpc) is 2.73. The van der Waals surface area contributed by atoms with Gasteiger partial charge < -0.3 is 19.3 Å². The summed E-state index contributed by atoms with van der Waals surface area (Å²) in [5.74, 6) is 0.207. The number of benzene rings is 1. The van der Waals surface area contributed by atoms with Gasteiger partial charge in [0.05, 0.1) is 6.10 Å². The molecule has 29 heavy (non-hydrogen) atoms. The summed E-state index contributed by atoms with van der Waals surface area (Å²) in [7, 11) is 1.78. The molecular formula is C21H29BrF2N2O3. The summed E-state index contributed by atoms with van der Waals surface area (Å²) in [6.07, 6.45) is 5.17. The normalized spacial score (nSPS) is 19.7. The maximum absolute atomic E-state index is 12.6. The van der Waals surface area contributed by atoms with Crippen molar-refractivity contribution >= 4 is 21.8 Å². The second kappa shape index (κ2) is 10.7. The number of rotatable bonds is 7. The van der Waals surface area contributed by atoms with Crippen molar-refractivity contribution in [3.8, 4) is 5.75 Å². The Kier molecular flexibility index (Phi) is 8.26. The largest absolute Gasteiger partial charge is 0.435 e. The second-order valence-electron chi connectivity index (χ2n) is 7.71. The standard InChI is InChI=1S/C21H29BrF2N2O3/c1-28-18-8-12-25(13-9-18)17-6-10-26(11-7-17)20(27)5-2-15-14-16(22)3-4-19(15)29-21(23)24/h3-4,14,17-18,21H,2,5-13H2,1H3. The van der Waals surface area contributed by atoms with E-state index in [2.05, 4.69) is 25.6 Å². The van der Waals surface area contributed by atoms with E-state index in [1.807, 2.05) is 4.90 Å². The van der Waals surface area contributed by atoms with Gasteiger partial charge in [-0.25, -0.2) is 0 Å². The zero-order chi connectivity index (χ0) is 20.8. The quantitative estimate of drug-likeness (QED) is 0.596. The SMILES string of the molecule is COC1CCN(C2CCN(C(=O)CCc3cc(Br)ccc3OC(F)F)CC2)CC1. The third-order valence-electron chi connectivity index (χ3n) is 5.99. The van der Waals surface area contributed by atoms with Crippen molar-refractivity contribution in [1.29, 1.82) is 0 Å². The first-order chi connectivity index (χ1) is 14.0. The van der Waals surface area contributed by atoms with Gasteiger partial charge in [0, 0.05) is 50.2 Å². The summed E-state index contributed by atoms with van der Waals surface area (Å²) < 4.78 is 36.0. The number of amides is 1. The van der Waals surface area contributed by atoms with Crippen molar-refractivity contribution in [2.75, 3.05) is 33.3 Å². The summed E-state index contributed by atoms with van der Waals surface area (Å²) >= 11 is 3.35. The van der Waals surface area contributed by atoms with Crippen LogP contribution >= 0.6 is 15.9 Å².